The lowest BCUT2D eigenvalue weighted by Crippen LogP contribution is -2.52. The maximum atomic E-state index is 12.2. The molecule has 1 aromatic heterocycles. The highest BCUT2D eigenvalue weighted by atomic mass is 79.9. The molecular formula is C23H20BrClN2O3. The molecule has 0 amide bonds. The number of halogens is 2. The average Bonchev–Trinajstić information content (AvgIpc) is 3.12. The zero-order chi connectivity index (χ0) is 21.1. The lowest BCUT2D eigenvalue weighted by Gasteiger charge is -2.40. The molecule has 2 heterocycles. The van der Waals surface area contributed by atoms with Crippen LogP contribution in [0.1, 0.15) is 22.7 Å². The molecule has 0 saturated heterocycles. The highest BCUT2D eigenvalue weighted by Gasteiger charge is 2.76. The quantitative estimate of drug-likeness (QED) is 0.524. The van der Waals surface area contributed by atoms with Crippen molar-refractivity contribution >= 4 is 27.5 Å². The van der Waals surface area contributed by atoms with Gasteiger partial charge in [-0.25, -0.2) is 0 Å². The van der Waals surface area contributed by atoms with Gasteiger partial charge in [0.05, 0.1) is 11.1 Å². The Labute approximate surface area is 187 Å². The van der Waals surface area contributed by atoms with Gasteiger partial charge in [-0.15, -0.1) is 0 Å². The highest BCUT2D eigenvalue weighted by Crippen LogP contribution is 2.67. The summed E-state index contributed by atoms with van der Waals surface area (Å²) in [6.07, 6.45) is 0.269. The summed E-state index contributed by atoms with van der Waals surface area (Å²) in [5, 5.41) is 24.0. The van der Waals surface area contributed by atoms with Gasteiger partial charge >= 0.3 is 0 Å². The van der Waals surface area contributed by atoms with Gasteiger partial charge in [-0.1, -0.05) is 70.0 Å². The van der Waals surface area contributed by atoms with E-state index in [0.29, 0.717) is 10.8 Å². The van der Waals surface area contributed by atoms with E-state index in [4.69, 9.17) is 22.1 Å². The summed E-state index contributed by atoms with van der Waals surface area (Å²) in [4.78, 5) is 4.39. The van der Waals surface area contributed by atoms with Gasteiger partial charge in [0.2, 0.25) is 0 Å². The number of aliphatic hydroxyl groups excluding tert-OH is 1. The molecule has 4 N–H and O–H groups in total. The van der Waals surface area contributed by atoms with Crippen molar-refractivity contribution in [3.8, 4) is 5.75 Å². The van der Waals surface area contributed by atoms with E-state index in [9.17, 15) is 10.2 Å². The molecule has 2 aliphatic rings. The van der Waals surface area contributed by atoms with Crippen molar-refractivity contribution in [3.05, 3.63) is 93.2 Å². The first-order valence-electron chi connectivity index (χ1n) is 9.70. The van der Waals surface area contributed by atoms with Crippen LogP contribution in [0.4, 0.5) is 0 Å². The minimum absolute atomic E-state index is 0.174. The van der Waals surface area contributed by atoms with E-state index in [1.54, 1.807) is 6.07 Å². The van der Waals surface area contributed by atoms with Gasteiger partial charge in [0.25, 0.3) is 0 Å². The van der Waals surface area contributed by atoms with Crippen LogP contribution in [0.25, 0.3) is 0 Å². The largest absolute Gasteiger partial charge is 0.476 e. The standard InChI is InChI=1S/C23H20BrClN2O3/c24-15-8-6-14(7-9-15)23-19(13-4-2-1-3-5-13)17(11-26)21(28)22(23,29)20-18(30-23)10-16(25)12-27-20/h1-10,12,17,19,21,28-29H,11,26H2/t17-,19-,21-,22+,23+/m1/s1. The van der Waals surface area contributed by atoms with Crippen LogP contribution in [-0.2, 0) is 11.2 Å². The molecule has 5 nitrogen and oxygen atoms in total. The topological polar surface area (TPSA) is 88.6 Å². The Morgan fingerprint density at radius 2 is 1.83 bits per heavy atom. The molecule has 0 unspecified atom stereocenters. The molecule has 1 aliphatic heterocycles. The van der Waals surface area contributed by atoms with Crippen molar-refractivity contribution in [2.75, 3.05) is 6.54 Å². The summed E-state index contributed by atoms with van der Waals surface area (Å²) < 4.78 is 7.47. The number of fused-ring (bicyclic) bond motifs is 3. The normalized spacial score (nSPS) is 31.8. The molecule has 1 saturated carbocycles. The first-order valence-corrected chi connectivity index (χ1v) is 10.9. The van der Waals surface area contributed by atoms with Crippen molar-refractivity contribution in [1.29, 1.82) is 0 Å². The highest BCUT2D eigenvalue weighted by molar-refractivity contribution is 9.10. The van der Waals surface area contributed by atoms with Crippen LogP contribution in [0.3, 0.4) is 0 Å². The molecule has 30 heavy (non-hydrogen) atoms. The Kier molecular flexibility index (Phi) is 4.69. The van der Waals surface area contributed by atoms with Crippen LogP contribution in [0, 0.1) is 5.92 Å². The van der Waals surface area contributed by atoms with Crippen LogP contribution in [0.15, 0.2) is 71.3 Å². The zero-order valence-corrected chi connectivity index (χ0v) is 18.2. The van der Waals surface area contributed by atoms with Gasteiger partial charge in [0.15, 0.2) is 11.2 Å². The van der Waals surface area contributed by atoms with Crippen LogP contribution >= 0.6 is 27.5 Å². The maximum absolute atomic E-state index is 12.2. The Morgan fingerprint density at radius 3 is 2.50 bits per heavy atom. The van der Waals surface area contributed by atoms with E-state index in [0.717, 1.165) is 15.6 Å². The van der Waals surface area contributed by atoms with Crippen molar-refractivity contribution in [2.24, 2.45) is 11.7 Å². The number of hydrogen-bond acceptors (Lipinski definition) is 5. The second-order valence-electron chi connectivity index (χ2n) is 7.84. The van der Waals surface area contributed by atoms with Gasteiger partial charge in [0.1, 0.15) is 11.4 Å². The third-order valence-electron chi connectivity index (χ3n) is 6.42. The molecule has 0 radical (unpaired) electrons. The van der Waals surface area contributed by atoms with Gasteiger partial charge in [-0.3, -0.25) is 4.98 Å². The molecule has 7 heteroatoms. The summed E-state index contributed by atoms with van der Waals surface area (Å²) >= 11 is 9.64. The molecule has 154 valence electrons. The fourth-order valence-electron chi connectivity index (χ4n) is 5.23. The fourth-order valence-corrected chi connectivity index (χ4v) is 5.64. The predicted molar refractivity (Wildman–Crippen MR) is 117 cm³/mol. The van der Waals surface area contributed by atoms with Crippen LogP contribution < -0.4 is 10.5 Å². The smallest absolute Gasteiger partial charge is 0.181 e. The number of rotatable bonds is 3. The lowest BCUT2D eigenvalue weighted by molar-refractivity contribution is -0.153. The van der Waals surface area contributed by atoms with Gasteiger partial charge in [-0.05, 0) is 29.8 Å². The van der Waals surface area contributed by atoms with E-state index in [1.807, 2.05) is 54.6 Å². The van der Waals surface area contributed by atoms with Crippen molar-refractivity contribution < 1.29 is 14.9 Å². The maximum Gasteiger partial charge on any atom is 0.181 e. The molecule has 0 bridgehead atoms. The second-order valence-corrected chi connectivity index (χ2v) is 9.20. The molecule has 1 fully saturated rings. The lowest BCUT2D eigenvalue weighted by atomic mass is 9.71. The SMILES string of the molecule is NC[C@H]1[C@@H](O)[C@@]2(O)c3ncc(Cl)cc3O[C@@]2(c2ccc(Br)cc2)[C@@H]1c1ccccc1. The Hall–Kier alpha value is -1.96. The third-order valence-corrected chi connectivity index (χ3v) is 7.16. The van der Waals surface area contributed by atoms with E-state index in [2.05, 4.69) is 20.9 Å². The van der Waals surface area contributed by atoms with E-state index in [1.165, 1.54) is 6.20 Å². The molecule has 5 atom stereocenters. The van der Waals surface area contributed by atoms with E-state index < -0.39 is 29.1 Å². The van der Waals surface area contributed by atoms with Crippen LogP contribution in [0.5, 0.6) is 5.75 Å². The molecule has 2 aromatic carbocycles. The molecule has 5 rings (SSSR count). The molecule has 1 aliphatic carbocycles. The monoisotopic (exact) mass is 486 g/mol. The number of aliphatic hydroxyl groups is 2. The summed E-state index contributed by atoms with van der Waals surface area (Å²) in [6, 6.07) is 18.9. The molecule has 0 spiro atoms. The average molecular weight is 488 g/mol. The van der Waals surface area contributed by atoms with Crippen molar-refractivity contribution in [3.63, 3.8) is 0 Å². The summed E-state index contributed by atoms with van der Waals surface area (Å²) in [5.41, 5.74) is 4.95. The Morgan fingerprint density at radius 1 is 1.13 bits per heavy atom. The van der Waals surface area contributed by atoms with E-state index >= 15 is 0 Å². The molecular weight excluding hydrogens is 468 g/mol. The number of nitrogens with two attached hydrogens (primary N) is 1. The first-order chi connectivity index (χ1) is 14.4. The number of aromatic nitrogens is 1. The summed E-state index contributed by atoms with van der Waals surface area (Å²) in [6.45, 7) is 0.174. The van der Waals surface area contributed by atoms with Crippen molar-refractivity contribution in [1.82, 2.24) is 4.98 Å². The van der Waals surface area contributed by atoms with Crippen LogP contribution in [-0.4, -0.2) is 27.8 Å². The fraction of sp³-hybridized carbons (Fsp3) is 0.261. The van der Waals surface area contributed by atoms with Gasteiger partial charge in [-0.2, -0.15) is 0 Å². The third kappa shape index (κ3) is 2.49. The number of nitrogens with zero attached hydrogens (tertiary/aromatic N) is 1. The second kappa shape index (κ2) is 7.04. The predicted octanol–water partition coefficient (Wildman–Crippen LogP) is 3.71. The Bertz CT molecular complexity index is 1100. The van der Waals surface area contributed by atoms with Crippen molar-refractivity contribution in [2.45, 2.75) is 23.2 Å². The van der Waals surface area contributed by atoms with Gasteiger partial charge in [0, 0.05) is 28.6 Å². The minimum atomic E-state index is -1.80. The number of ether oxygens (including phenoxy) is 1. The summed E-state index contributed by atoms with van der Waals surface area (Å²) in [5.74, 6) is -0.507. The van der Waals surface area contributed by atoms with E-state index in [-0.39, 0.29) is 12.2 Å². The van der Waals surface area contributed by atoms with Gasteiger partial charge < -0.3 is 20.7 Å². The first kappa shape index (κ1) is 20.0. The number of pyridine rings is 1. The van der Waals surface area contributed by atoms with Crippen LogP contribution in [0.2, 0.25) is 5.02 Å². The molecule has 3 aromatic rings. The minimum Gasteiger partial charge on any atom is -0.476 e. The summed E-state index contributed by atoms with van der Waals surface area (Å²) in [7, 11) is 0. The zero-order valence-electron chi connectivity index (χ0n) is 15.9. The Balaban J connectivity index is 1.85. The number of hydrogen-bond donors (Lipinski definition) is 3. The number of benzene rings is 2.